The summed E-state index contributed by atoms with van der Waals surface area (Å²) in [5.74, 6) is 0.242. The highest BCUT2D eigenvalue weighted by Gasteiger charge is 2.13. The van der Waals surface area contributed by atoms with Crippen LogP contribution in [0.15, 0.2) is 47.2 Å². The molecule has 0 fully saturated rings. The zero-order valence-corrected chi connectivity index (χ0v) is 12.4. The number of hydrogen-bond acceptors (Lipinski definition) is 4. The number of nitrogen functional groups attached to an aromatic ring is 1. The third-order valence-corrected chi connectivity index (χ3v) is 4.07. The smallest absolute Gasteiger partial charge is 0.142 e. The van der Waals surface area contributed by atoms with Crippen molar-refractivity contribution in [1.29, 1.82) is 5.26 Å². The largest absolute Gasteiger partial charge is 0.383 e. The van der Waals surface area contributed by atoms with Crippen molar-refractivity contribution in [1.82, 2.24) is 4.98 Å². The van der Waals surface area contributed by atoms with E-state index in [9.17, 15) is 5.26 Å². The molecule has 0 unspecified atom stereocenters. The molecule has 0 saturated carbocycles. The molecule has 3 nitrogen and oxygen atoms in total. The molecule has 2 heterocycles. The SMILES string of the molecule is N#Cc1c(-c2ccc(Cl)cc2)cc(-c2ccsc2)nc1N. The molecule has 0 spiro atoms. The highest BCUT2D eigenvalue weighted by molar-refractivity contribution is 7.08. The molecule has 0 aliphatic rings. The first-order valence-corrected chi connectivity index (χ1v) is 7.50. The molecular weight excluding hydrogens is 302 g/mol. The molecule has 3 aromatic rings. The summed E-state index contributed by atoms with van der Waals surface area (Å²) in [6.45, 7) is 0. The first-order valence-electron chi connectivity index (χ1n) is 6.18. The fourth-order valence-corrected chi connectivity index (χ4v) is 2.87. The van der Waals surface area contributed by atoms with Crippen LogP contribution in [-0.2, 0) is 0 Å². The Labute approximate surface area is 131 Å². The van der Waals surface area contributed by atoms with Crippen molar-refractivity contribution in [3.8, 4) is 28.5 Å². The monoisotopic (exact) mass is 311 g/mol. The molecule has 0 aliphatic heterocycles. The van der Waals surface area contributed by atoms with Crippen LogP contribution < -0.4 is 5.73 Å². The van der Waals surface area contributed by atoms with Gasteiger partial charge in [0.25, 0.3) is 0 Å². The third kappa shape index (κ3) is 2.62. The summed E-state index contributed by atoms with van der Waals surface area (Å²) in [7, 11) is 0. The number of anilines is 1. The number of rotatable bonds is 2. The second-order valence-electron chi connectivity index (χ2n) is 4.45. The van der Waals surface area contributed by atoms with Gasteiger partial charge in [0.05, 0.1) is 5.69 Å². The second kappa shape index (κ2) is 5.57. The second-order valence-corrected chi connectivity index (χ2v) is 5.66. The van der Waals surface area contributed by atoms with Crippen LogP contribution in [0.25, 0.3) is 22.4 Å². The van der Waals surface area contributed by atoms with E-state index in [4.69, 9.17) is 17.3 Å². The van der Waals surface area contributed by atoms with Crippen LogP contribution >= 0.6 is 22.9 Å². The van der Waals surface area contributed by atoms with E-state index in [2.05, 4.69) is 11.1 Å². The summed E-state index contributed by atoms with van der Waals surface area (Å²) in [6.07, 6.45) is 0. The zero-order valence-electron chi connectivity index (χ0n) is 10.9. The molecular formula is C16H10ClN3S. The van der Waals surface area contributed by atoms with Crippen LogP contribution in [0, 0.1) is 11.3 Å². The molecule has 102 valence electrons. The highest BCUT2D eigenvalue weighted by Crippen LogP contribution is 2.32. The van der Waals surface area contributed by atoms with Crippen LogP contribution in [0.1, 0.15) is 5.56 Å². The van der Waals surface area contributed by atoms with E-state index in [0.29, 0.717) is 10.6 Å². The van der Waals surface area contributed by atoms with Gasteiger partial charge in [-0.2, -0.15) is 16.6 Å². The molecule has 1 aromatic carbocycles. The standard InChI is InChI=1S/C16H10ClN3S/c17-12-3-1-10(2-4-12)13-7-15(11-5-6-21-9-11)20-16(19)14(13)8-18/h1-7,9H,(H2,19,20). The zero-order chi connectivity index (χ0) is 14.8. The van der Waals surface area contributed by atoms with E-state index in [0.717, 1.165) is 22.4 Å². The molecule has 3 rings (SSSR count). The van der Waals surface area contributed by atoms with Crippen LogP contribution in [0.5, 0.6) is 0 Å². The van der Waals surface area contributed by atoms with Crippen molar-refractivity contribution in [3.05, 3.63) is 57.7 Å². The molecule has 2 N–H and O–H groups in total. The summed E-state index contributed by atoms with van der Waals surface area (Å²) in [6, 6.07) is 13.3. The van der Waals surface area contributed by atoms with Gasteiger partial charge in [0.15, 0.2) is 0 Å². The van der Waals surface area contributed by atoms with E-state index in [-0.39, 0.29) is 5.82 Å². The Hall–Kier alpha value is -2.35. The lowest BCUT2D eigenvalue weighted by atomic mass is 9.99. The van der Waals surface area contributed by atoms with Gasteiger partial charge < -0.3 is 5.73 Å². The third-order valence-electron chi connectivity index (χ3n) is 3.13. The number of hydrogen-bond donors (Lipinski definition) is 1. The maximum absolute atomic E-state index is 9.34. The number of halogens is 1. The quantitative estimate of drug-likeness (QED) is 0.753. The van der Waals surface area contributed by atoms with E-state index in [1.54, 1.807) is 23.5 Å². The number of nitriles is 1. The Morgan fingerprint density at radius 2 is 1.90 bits per heavy atom. The molecule has 2 aromatic heterocycles. The first kappa shape index (κ1) is 13.6. The predicted octanol–water partition coefficient (Wildman–Crippen LogP) is 4.58. The number of benzene rings is 1. The lowest BCUT2D eigenvalue weighted by Crippen LogP contribution is -1.99. The fourth-order valence-electron chi connectivity index (χ4n) is 2.10. The van der Waals surface area contributed by atoms with Crippen molar-refractivity contribution in [3.63, 3.8) is 0 Å². The minimum Gasteiger partial charge on any atom is -0.383 e. The van der Waals surface area contributed by atoms with Crippen LogP contribution in [0.3, 0.4) is 0 Å². The highest BCUT2D eigenvalue weighted by atomic mass is 35.5. The molecule has 0 saturated heterocycles. The molecule has 0 atom stereocenters. The number of nitrogens with zero attached hydrogens (tertiary/aromatic N) is 2. The van der Waals surface area contributed by atoms with Gasteiger partial charge in [-0.25, -0.2) is 4.98 Å². The van der Waals surface area contributed by atoms with Crippen molar-refractivity contribution < 1.29 is 0 Å². The van der Waals surface area contributed by atoms with Gasteiger partial charge in [-0.3, -0.25) is 0 Å². The Morgan fingerprint density at radius 1 is 1.14 bits per heavy atom. The Morgan fingerprint density at radius 3 is 2.52 bits per heavy atom. The number of aromatic nitrogens is 1. The Kier molecular flexibility index (Phi) is 3.61. The van der Waals surface area contributed by atoms with E-state index in [1.165, 1.54) is 0 Å². The fraction of sp³-hybridized carbons (Fsp3) is 0. The number of pyridine rings is 1. The van der Waals surface area contributed by atoms with E-state index in [1.807, 2.05) is 35.0 Å². The van der Waals surface area contributed by atoms with Gasteiger partial charge in [0, 0.05) is 21.5 Å². The minimum absolute atomic E-state index is 0.242. The van der Waals surface area contributed by atoms with E-state index < -0.39 is 0 Å². The van der Waals surface area contributed by atoms with Gasteiger partial charge in [0.1, 0.15) is 17.5 Å². The first-order chi connectivity index (χ1) is 10.2. The summed E-state index contributed by atoms with van der Waals surface area (Å²) in [5, 5.41) is 14.0. The Balaban J connectivity index is 2.22. The molecule has 5 heteroatoms. The van der Waals surface area contributed by atoms with Crippen molar-refractivity contribution >= 4 is 28.8 Å². The summed E-state index contributed by atoms with van der Waals surface area (Å²) in [5.41, 5.74) is 9.75. The van der Waals surface area contributed by atoms with Crippen LogP contribution in [0.4, 0.5) is 5.82 Å². The van der Waals surface area contributed by atoms with Crippen molar-refractivity contribution in [2.24, 2.45) is 0 Å². The summed E-state index contributed by atoms with van der Waals surface area (Å²) >= 11 is 7.51. The number of thiophene rings is 1. The molecule has 0 aliphatic carbocycles. The molecule has 0 bridgehead atoms. The van der Waals surface area contributed by atoms with Gasteiger partial charge >= 0.3 is 0 Å². The molecule has 21 heavy (non-hydrogen) atoms. The topological polar surface area (TPSA) is 62.7 Å². The van der Waals surface area contributed by atoms with Crippen LogP contribution in [0.2, 0.25) is 5.02 Å². The van der Waals surface area contributed by atoms with Crippen LogP contribution in [-0.4, -0.2) is 4.98 Å². The van der Waals surface area contributed by atoms with Gasteiger partial charge in [0.2, 0.25) is 0 Å². The minimum atomic E-state index is 0.242. The molecule has 0 radical (unpaired) electrons. The normalized spacial score (nSPS) is 10.3. The average Bonchev–Trinajstić information content (AvgIpc) is 3.01. The Bertz CT molecular complexity index is 818. The summed E-state index contributed by atoms with van der Waals surface area (Å²) in [4.78, 5) is 4.33. The van der Waals surface area contributed by atoms with Crippen molar-refractivity contribution in [2.45, 2.75) is 0 Å². The average molecular weight is 312 g/mol. The predicted molar refractivity (Wildman–Crippen MR) is 87.1 cm³/mol. The van der Waals surface area contributed by atoms with Gasteiger partial charge in [-0.1, -0.05) is 23.7 Å². The van der Waals surface area contributed by atoms with Crippen molar-refractivity contribution in [2.75, 3.05) is 5.73 Å². The van der Waals surface area contributed by atoms with Gasteiger partial charge in [-0.05, 0) is 35.2 Å². The summed E-state index contributed by atoms with van der Waals surface area (Å²) < 4.78 is 0. The number of nitrogens with two attached hydrogens (primary N) is 1. The lowest BCUT2D eigenvalue weighted by Gasteiger charge is -2.09. The molecule has 0 amide bonds. The maximum Gasteiger partial charge on any atom is 0.142 e. The maximum atomic E-state index is 9.34. The van der Waals surface area contributed by atoms with E-state index >= 15 is 0 Å². The van der Waals surface area contributed by atoms with Gasteiger partial charge in [-0.15, -0.1) is 0 Å². The lowest BCUT2D eigenvalue weighted by molar-refractivity contribution is 1.31.